The van der Waals surface area contributed by atoms with Gasteiger partial charge in [0.2, 0.25) is 0 Å². The number of alkyl halides is 1. The summed E-state index contributed by atoms with van der Waals surface area (Å²) < 4.78 is 0. The van der Waals surface area contributed by atoms with Gasteiger partial charge in [-0.2, -0.15) is 0 Å². The van der Waals surface area contributed by atoms with E-state index in [2.05, 4.69) is 36.4 Å². The molecule has 0 radical (unpaired) electrons. The van der Waals surface area contributed by atoms with Crippen molar-refractivity contribution >= 4 is 34.0 Å². The minimum atomic E-state index is -0.0435. The zero-order chi connectivity index (χ0) is 13.9. The SMILES string of the molecule is Clc1cccc(CC(Cl)c2ccc3ccccc3c2)c1. The van der Waals surface area contributed by atoms with Crippen molar-refractivity contribution in [1.29, 1.82) is 0 Å². The highest BCUT2D eigenvalue weighted by molar-refractivity contribution is 6.30. The molecule has 20 heavy (non-hydrogen) atoms. The molecule has 0 N–H and O–H groups in total. The molecule has 0 fully saturated rings. The lowest BCUT2D eigenvalue weighted by molar-refractivity contribution is 0.922. The van der Waals surface area contributed by atoms with Gasteiger partial charge in [0.1, 0.15) is 0 Å². The van der Waals surface area contributed by atoms with Crippen LogP contribution in [-0.2, 0) is 6.42 Å². The van der Waals surface area contributed by atoms with Gasteiger partial charge in [-0.3, -0.25) is 0 Å². The normalized spacial score (nSPS) is 12.5. The van der Waals surface area contributed by atoms with E-state index in [4.69, 9.17) is 23.2 Å². The molecule has 0 aromatic heterocycles. The van der Waals surface area contributed by atoms with Crippen molar-refractivity contribution in [3.8, 4) is 0 Å². The standard InChI is InChI=1S/C18H14Cl2/c19-17-7-3-4-13(10-17)11-18(20)16-9-8-14-5-1-2-6-15(14)12-16/h1-10,12,18H,11H2. The van der Waals surface area contributed by atoms with Crippen LogP contribution in [0.4, 0.5) is 0 Å². The third-order valence-corrected chi connectivity index (χ3v) is 4.08. The van der Waals surface area contributed by atoms with Gasteiger partial charge in [0, 0.05) is 5.02 Å². The molecule has 0 spiro atoms. The summed E-state index contributed by atoms with van der Waals surface area (Å²) in [5, 5.41) is 3.17. The maximum atomic E-state index is 6.55. The zero-order valence-electron chi connectivity index (χ0n) is 10.9. The van der Waals surface area contributed by atoms with Crippen LogP contribution in [0.5, 0.6) is 0 Å². The van der Waals surface area contributed by atoms with Crippen molar-refractivity contribution in [1.82, 2.24) is 0 Å². The molecule has 100 valence electrons. The van der Waals surface area contributed by atoms with E-state index < -0.39 is 0 Å². The zero-order valence-corrected chi connectivity index (χ0v) is 12.4. The summed E-state index contributed by atoms with van der Waals surface area (Å²) in [5.41, 5.74) is 2.30. The number of hydrogen-bond acceptors (Lipinski definition) is 0. The average Bonchev–Trinajstić information content (AvgIpc) is 2.47. The van der Waals surface area contributed by atoms with E-state index in [-0.39, 0.29) is 5.38 Å². The molecule has 0 bridgehead atoms. The summed E-state index contributed by atoms with van der Waals surface area (Å²) in [6.07, 6.45) is 0.778. The minimum Gasteiger partial charge on any atom is -0.117 e. The lowest BCUT2D eigenvalue weighted by Gasteiger charge is -2.11. The second kappa shape index (κ2) is 5.87. The molecule has 0 saturated heterocycles. The maximum Gasteiger partial charge on any atom is 0.0625 e. The van der Waals surface area contributed by atoms with E-state index in [1.54, 1.807) is 0 Å². The van der Waals surface area contributed by atoms with E-state index in [1.165, 1.54) is 10.8 Å². The first-order chi connectivity index (χ1) is 9.72. The average molecular weight is 301 g/mol. The van der Waals surface area contributed by atoms with Crippen molar-refractivity contribution in [3.63, 3.8) is 0 Å². The van der Waals surface area contributed by atoms with Gasteiger partial charge in [-0.05, 0) is 46.5 Å². The molecular weight excluding hydrogens is 287 g/mol. The second-order valence-electron chi connectivity index (χ2n) is 4.91. The molecule has 3 aromatic rings. The monoisotopic (exact) mass is 300 g/mol. The Hall–Kier alpha value is -1.50. The number of hydrogen-bond donors (Lipinski definition) is 0. The first-order valence-corrected chi connectivity index (χ1v) is 7.41. The van der Waals surface area contributed by atoms with Crippen LogP contribution in [0.1, 0.15) is 16.5 Å². The molecule has 3 rings (SSSR count). The summed E-state index contributed by atoms with van der Waals surface area (Å²) in [7, 11) is 0. The molecular formula is C18H14Cl2. The summed E-state index contributed by atoms with van der Waals surface area (Å²) in [4.78, 5) is 0. The van der Waals surface area contributed by atoms with Crippen molar-refractivity contribution in [2.24, 2.45) is 0 Å². The fourth-order valence-electron chi connectivity index (χ4n) is 2.39. The van der Waals surface area contributed by atoms with Gasteiger partial charge in [0.05, 0.1) is 5.38 Å². The van der Waals surface area contributed by atoms with Gasteiger partial charge in [-0.1, -0.05) is 60.1 Å². The van der Waals surface area contributed by atoms with Crippen LogP contribution in [0, 0.1) is 0 Å². The highest BCUT2D eigenvalue weighted by atomic mass is 35.5. The molecule has 0 aliphatic rings. The molecule has 0 nitrogen and oxygen atoms in total. The third-order valence-electron chi connectivity index (χ3n) is 3.44. The second-order valence-corrected chi connectivity index (χ2v) is 5.87. The van der Waals surface area contributed by atoms with E-state index >= 15 is 0 Å². The summed E-state index contributed by atoms with van der Waals surface area (Å²) in [5.74, 6) is 0. The highest BCUT2D eigenvalue weighted by Crippen LogP contribution is 2.28. The van der Waals surface area contributed by atoms with E-state index in [0.29, 0.717) is 0 Å². The Morgan fingerprint density at radius 2 is 1.60 bits per heavy atom. The fraction of sp³-hybridized carbons (Fsp3) is 0.111. The van der Waals surface area contributed by atoms with E-state index in [9.17, 15) is 0 Å². The van der Waals surface area contributed by atoms with Gasteiger partial charge >= 0.3 is 0 Å². The first-order valence-electron chi connectivity index (χ1n) is 6.59. The topological polar surface area (TPSA) is 0 Å². The Kier molecular flexibility index (Phi) is 3.95. The molecule has 2 heteroatoms. The number of rotatable bonds is 3. The van der Waals surface area contributed by atoms with Crippen LogP contribution in [0.25, 0.3) is 10.8 Å². The largest absolute Gasteiger partial charge is 0.117 e. The van der Waals surface area contributed by atoms with Gasteiger partial charge in [0.15, 0.2) is 0 Å². The van der Waals surface area contributed by atoms with Crippen LogP contribution < -0.4 is 0 Å². The van der Waals surface area contributed by atoms with Crippen molar-refractivity contribution in [2.45, 2.75) is 11.8 Å². The minimum absolute atomic E-state index is 0.0435. The van der Waals surface area contributed by atoms with Crippen LogP contribution in [0.3, 0.4) is 0 Å². The number of halogens is 2. The molecule has 1 atom stereocenters. The molecule has 0 amide bonds. The van der Waals surface area contributed by atoms with Crippen LogP contribution >= 0.6 is 23.2 Å². The quantitative estimate of drug-likeness (QED) is 0.519. The predicted molar refractivity (Wildman–Crippen MR) is 87.7 cm³/mol. The Labute approximate surface area is 129 Å². The number of fused-ring (bicyclic) bond motifs is 1. The Morgan fingerprint density at radius 3 is 2.40 bits per heavy atom. The summed E-state index contributed by atoms with van der Waals surface area (Å²) >= 11 is 12.6. The molecule has 0 saturated carbocycles. The van der Waals surface area contributed by atoms with Crippen molar-refractivity contribution < 1.29 is 0 Å². The third kappa shape index (κ3) is 2.98. The van der Waals surface area contributed by atoms with Gasteiger partial charge in [-0.25, -0.2) is 0 Å². The highest BCUT2D eigenvalue weighted by Gasteiger charge is 2.09. The summed E-state index contributed by atoms with van der Waals surface area (Å²) in [6.45, 7) is 0. The Bertz CT molecular complexity index is 734. The maximum absolute atomic E-state index is 6.55. The predicted octanol–water partition coefficient (Wildman–Crippen LogP) is 6.02. The molecule has 0 aliphatic heterocycles. The molecule has 0 heterocycles. The van der Waals surface area contributed by atoms with Gasteiger partial charge in [0.25, 0.3) is 0 Å². The fourth-order valence-corrected chi connectivity index (χ4v) is 2.92. The van der Waals surface area contributed by atoms with Gasteiger partial charge < -0.3 is 0 Å². The Balaban J connectivity index is 1.86. The summed E-state index contributed by atoms with van der Waals surface area (Å²) in [6, 6.07) is 22.6. The molecule has 1 unspecified atom stereocenters. The Morgan fingerprint density at radius 1 is 0.800 bits per heavy atom. The van der Waals surface area contributed by atoms with E-state index in [0.717, 1.165) is 22.6 Å². The van der Waals surface area contributed by atoms with E-state index in [1.807, 2.05) is 30.3 Å². The van der Waals surface area contributed by atoms with Crippen molar-refractivity contribution in [2.75, 3.05) is 0 Å². The molecule has 0 aliphatic carbocycles. The van der Waals surface area contributed by atoms with Crippen LogP contribution in [0.2, 0.25) is 5.02 Å². The number of benzene rings is 3. The lowest BCUT2D eigenvalue weighted by atomic mass is 10.0. The molecule has 3 aromatic carbocycles. The first kappa shape index (κ1) is 13.5. The smallest absolute Gasteiger partial charge is 0.0625 e. The van der Waals surface area contributed by atoms with Gasteiger partial charge in [-0.15, -0.1) is 11.6 Å². The lowest BCUT2D eigenvalue weighted by Crippen LogP contribution is -1.96. The van der Waals surface area contributed by atoms with Crippen LogP contribution in [-0.4, -0.2) is 0 Å². The van der Waals surface area contributed by atoms with Crippen LogP contribution in [0.15, 0.2) is 66.7 Å². The van der Waals surface area contributed by atoms with Crippen molar-refractivity contribution in [3.05, 3.63) is 82.9 Å².